The number of hydrogen-bond acceptors (Lipinski definition) is 5. The predicted octanol–water partition coefficient (Wildman–Crippen LogP) is 12.9. The first kappa shape index (κ1) is 29.0. The number of aromatic nitrogens is 3. The Morgan fingerprint density at radius 2 is 0.660 bits per heavy atom. The molecule has 0 amide bonds. The third-order valence-corrected chi connectivity index (χ3v) is 11.6. The molecule has 0 spiro atoms. The van der Waals surface area contributed by atoms with Crippen molar-refractivity contribution < 1.29 is 0 Å². The highest BCUT2D eigenvalue weighted by Crippen LogP contribution is 2.42. The van der Waals surface area contributed by atoms with Gasteiger partial charge in [-0.3, -0.25) is 0 Å². The number of nitrogens with zero attached hydrogens (tertiary/aromatic N) is 3. The van der Waals surface area contributed by atoms with Crippen LogP contribution in [0.1, 0.15) is 0 Å². The van der Waals surface area contributed by atoms with Crippen molar-refractivity contribution in [1.29, 1.82) is 0 Å². The molecule has 50 heavy (non-hydrogen) atoms. The topological polar surface area (TPSA) is 38.7 Å². The molecule has 7 aromatic carbocycles. The lowest BCUT2D eigenvalue weighted by Gasteiger charge is -2.11. The zero-order chi connectivity index (χ0) is 33.0. The molecule has 0 aliphatic carbocycles. The van der Waals surface area contributed by atoms with Crippen LogP contribution in [0.4, 0.5) is 0 Å². The summed E-state index contributed by atoms with van der Waals surface area (Å²) in [4.78, 5) is 14.8. The fourth-order valence-electron chi connectivity index (χ4n) is 6.90. The van der Waals surface area contributed by atoms with Crippen molar-refractivity contribution in [1.82, 2.24) is 15.0 Å². The van der Waals surface area contributed by atoms with Gasteiger partial charge in [0, 0.05) is 57.0 Å². The molecule has 0 aliphatic rings. The normalized spacial score (nSPS) is 11.6. The molecule has 0 N–H and O–H groups in total. The first-order chi connectivity index (χ1) is 24.7. The van der Waals surface area contributed by atoms with Crippen LogP contribution in [0.15, 0.2) is 164 Å². The molecule has 0 saturated heterocycles. The molecule has 0 atom stereocenters. The minimum absolute atomic E-state index is 0.667. The molecule has 0 aliphatic heterocycles. The van der Waals surface area contributed by atoms with Gasteiger partial charge < -0.3 is 0 Å². The molecule has 10 aromatic rings. The summed E-state index contributed by atoms with van der Waals surface area (Å²) >= 11 is 3.68. The summed E-state index contributed by atoms with van der Waals surface area (Å²) in [5.41, 5.74) is 7.84. The first-order valence-corrected chi connectivity index (χ1v) is 18.2. The summed E-state index contributed by atoms with van der Waals surface area (Å²) in [6.07, 6.45) is 0. The average molecular weight is 674 g/mol. The van der Waals surface area contributed by atoms with Crippen LogP contribution in [-0.2, 0) is 0 Å². The predicted molar refractivity (Wildman–Crippen MR) is 213 cm³/mol. The average Bonchev–Trinajstić information content (AvgIpc) is 3.75. The number of benzene rings is 7. The Kier molecular flexibility index (Phi) is 6.86. The van der Waals surface area contributed by atoms with E-state index in [2.05, 4.69) is 103 Å². The quantitative estimate of drug-likeness (QED) is 0.182. The summed E-state index contributed by atoms with van der Waals surface area (Å²) in [6.45, 7) is 0. The van der Waals surface area contributed by atoms with Crippen LogP contribution in [0, 0.1) is 0 Å². The fraction of sp³-hybridized carbons (Fsp3) is 0. The molecule has 0 unspecified atom stereocenters. The van der Waals surface area contributed by atoms with Gasteiger partial charge >= 0.3 is 0 Å². The van der Waals surface area contributed by atoms with Crippen LogP contribution in [0.5, 0.6) is 0 Å². The highest BCUT2D eigenvalue weighted by Gasteiger charge is 2.16. The molecule has 0 fully saturated rings. The molecule has 234 valence electrons. The largest absolute Gasteiger partial charge is 0.208 e. The Morgan fingerprint density at radius 1 is 0.280 bits per heavy atom. The summed E-state index contributed by atoms with van der Waals surface area (Å²) < 4.78 is 5.12. The zero-order valence-corrected chi connectivity index (χ0v) is 28.4. The highest BCUT2D eigenvalue weighted by molar-refractivity contribution is 7.26. The van der Waals surface area contributed by atoms with E-state index in [1.807, 2.05) is 83.3 Å². The summed E-state index contributed by atoms with van der Waals surface area (Å²) in [5.74, 6) is 2.00. The van der Waals surface area contributed by atoms with Crippen molar-refractivity contribution in [3.63, 3.8) is 0 Å². The van der Waals surface area contributed by atoms with E-state index in [4.69, 9.17) is 15.0 Å². The lowest BCUT2D eigenvalue weighted by atomic mass is 9.93. The molecule has 0 radical (unpaired) electrons. The molecule has 3 nitrogen and oxygen atoms in total. The third-order valence-electron chi connectivity index (χ3n) is 9.36. The van der Waals surface area contributed by atoms with Crippen molar-refractivity contribution in [3.8, 4) is 56.4 Å². The lowest BCUT2D eigenvalue weighted by Crippen LogP contribution is -1.99. The van der Waals surface area contributed by atoms with Crippen LogP contribution >= 0.6 is 22.7 Å². The monoisotopic (exact) mass is 673 g/mol. The molecule has 3 aromatic heterocycles. The van der Waals surface area contributed by atoms with Crippen molar-refractivity contribution in [2.75, 3.05) is 0 Å². The van der Waals surface area contributed by atoms with Gasteiger partial charge in [0.2, 0.25) is 0 Å². The molecule has 3 heterocycles. The van der Waals surface area contributed by atoms with E-state index in [0.717, 1.165) is 16.7 Å². The maximum absolute atomic E-state index is 4.97. The smallest absolute Gasteiger partial charge is 0.164 e. The van der Waals surface area contributed by atoms with Gasteiger partial charge in [-0.05, 0) is 46.5 Å². The summed E-state index contributed by atoms with van der Waals surface area (Å²) in [6, 6.07) is 58.1. The summed E-state index contributed by atoms with van der Waals surface area (Å²) in [5, 5.41) is 5.15. The van der Waals surface area contributed by atoms with Gasteiger partial charge in [-0.25, -0.2) is 15.0 Å². The highest BCUT2D eigenvalue weighted by atomic mass is 32.1. The van der Waals surface area contributed by atoms with Gasteiger partial charge in [-0.1, -0.05) is 140 Å². The molecular weight excluding hydrogens is 647 g/mol. The van der Waals surface area contributed by atoms with Gasteiger partial charge in [-0.2, -0.15) is 0 Å². The van der Waals surface area contributed by atoms with Crippen LogP contribution in [0.3, 0.4) is 0 Å². The zero-order valence-electron chi connectivity index (χ0n) is 26.7. The number of thiophene rings is 2. The standard InChI is InChI=1S/C45H27N3S2/c1-3-11-28(12-4-1)43-46-44(29-13-5-2-6-14-29)48-45(47-43)32-21-24-38-37-23-20-31(26-41(37)50-42(38)27-32)34-16-8-7-15-33(34)30-19-22-36-35-17-9-10-18-39(35)49-40(36)25-30/h1-27H. The fourth-order valence-corrected chi connectivity index (χ4v) is 9.23. The van der Waals surface area contributed by atoms with Gasteiger partial charge in [0.05, 0.1) is 0 Å². The first-order valence-electron chi connectivity index (χ1n) is 16.6. The maximum Gasteiger partial charge on any atom is 0.164 e. The Hall–Kier alpha value is -6.01. The Labute approximate surface area is 296 Å². The molecule has 0 saturated carbocycles. The Balaban J connectivity index is 1.06. The number of rotatable bonds is 5. The van der Waals surface area contributed by atoms with Crippen LogP contribution in [0.25, 0.3) is 96.8 Å². The second kappa shape index (κ2) is 11.8. The minimum atomic E-state index is 0.667. The van der Waals surface area contributed by atoms with Gasteiger partial charge in [-0.15, -0.1) is 22.7 Å². The van der Waals surface area contributed by atoms with Gasteiger partial charge in [0.1, 0.15) is 0 Å². The van der Waals surface area contributed by atoms with E-state index >= 15 is 0 Å². The van der Waals surface area contributed by atoms with E-state index in [9.17, 15) is 0 Å². The van der Waals surface area contributed by atoms with Gasteiger partial charge in [0.15, 0.2) is 17.5 Å². The number of hydrogen-bond donors (Lipinski definition) is 0. The Bertz CT molecular complexity index is 2810. The number of fused-ring (bicyclic) bond motifs is 6. The van der Waals surface area contributed by atoms with Crippen LogP contribution in [-0.4, -0.2) is 15.0 Å². The van der Waals surface area contributed by atoms with Crippen molar-refractivity contribution in [2.45, 2.75) is 0 Å². The molecule has 10 rings (SSSR count). The van der Waals surface area contributed by atoms with E-state index in [1.165, 1.54) is 62.6 Å². The van der Waals surface area contributed by atoms with E-state index < -0.39 is 0 Å². The SMILES string of the molecule is c1ccc(-c2nc(-c3ccccc3)nc(-c3ccc4c(c3)sc3cc(-c5ccccc5-c5ccc6c(c5)sc5ccccc56)ccc34)n2)cc1. The third kappa shape index (κ3) is 4.98. The Morgan fingerprint density at radius 3 is 1.20 bits per heavy atom. The second-order valence-corrected chi connectivity index (χ2v) is 14.6. The molecule has 5 heteroatoms. The summed E-state index contributed by atoms with van der Waals surface area (Å²) in [7, 11) is 0. The van der Waals surface area contributed by atoms with Crippen molar-refractivity contribution in [3.05, 3.63) is 164 Å². The van der Waals surface area contributed by atoms with Gasteiger partial charge in [0.25, 0.3) is 0 Å². The molecule has 0 bridgehead atoms. The lowest BCUT2D eigenvalue weighted by molar-refractivity contribution is 1.07. The van der Waals surface area contributed by atoms with E-state index in [-0.39, 0.29) is 0 Å². The maximum atomic E-state index is 4.97. The molecular formula is C45H27N3S2. The van der Waals surface area contributed by atoms with E-state index in [0.29, 0.717) is 17.5 Å². The van der Waals surface area contributed by atoms with E-state index in [1.54, 1.807) is 0 Å². The van der Waals surface area contributed by atoms with Crippen LogP contribution in [0.2, 0.25) is 0 Å². The second-order valence-electron chi connectivity index (χ2n) is 12.4. The van der Waals surface area contributed by atoms with Crippen molar-refractivity contribution >= 4 is 63.0 Å². The van der Waals surface area contributed by atoms with Crippen LogP contribution < -0.4 is 0 Å². The minimum Gasteiger partial charge on any atom is -0.208 e. The van der Waals surface area contributed by atoms with Crippen molar-refractivity contribution in [2.24, 2.45) is 0 Å².